The fourth-order valence-corrected chi connectivity index (χ4v) is 1.53. The summed E-state index contributed by atoms with van der Waals surface area (Å²) in [6.07, 6.45) is 3.24. The Morgan fingerprint density at radius 3 is 2.06 bits per heavy atom. The summed E-state index contributed by atoms with van der Waals surface area (Å²) in [7, 11) is 0. The molecule has 0 heterocycles. The molecule has 0 aliphatic rings. The maximum absolute atomic E-state index is 9.61. The van der Waals surface area contributed by atoms with Gasteiger partial charge in [-0.15, -0.1) is 0 Å². The van der Waals surface area contributed by atoms with E-state index >= 15 is 0 Å². The third kappa shape index (κ3) is 2.22. The van der Waals surface area contributed by atoms with Crippen molar-refractivity contribution in [2.45, 2.75) is 0 Å². The lowest BCUT2D eigenvalue weighted by Crippen LogP contribution is -1.79. The Labute approximate surface area is 104 Å². The summed E-state index contributed by atoms with van der Waals surface area (Å²) in [6.45, 7) is 0. The number of hydrogen-bond donors (Lipinski definition) is 4. The Morgan fingerprint density at radius 2 is 1.39 bits per heavy atom. The third-order valence-electron chi connectivity index (χ3n) is 2.51. The van der Waals surface area contributed by atoms with Gasteiger partial charge >= 0.3 is 0 Å². The van der Waals surface area contributed by atoms with E-state index in [1.807, 2.05) is 30.3 Å². The predicted octanol–water partition coefficient (Wildman–Crippen LogP) is 2.68. The van der Waals surface area contributed by atoms with Gasteiger partial charge in [0.15, 0.2) is 11.5 Å². The molecule has 2 rings (SSSR count). The van der Waals surface area contributed by atoms with Gasteiger partial charge < -0.3 is 20.4 Å². The van der Waals surface area contributed by atoms with Gasteiger partial charge in [0.05, 0.1) is 0 Å². The highest BCUT2D eigenvalue weighted by Gasteiger charge is 2.14. The monoisotopic (exact) mass is 244 g/mol. The van der Waals surface area contributed by atoms with Gasteiger partial charge in [-0.2, -0.15) is 0 Å². The van der Waals surface area contributed by atoms with Crippen molar-refractivity contribution in [3.8, 4) is 23.0 Å². The van der Waals surface area contributed by atoms with Crippen LogP contribution >= 0.6 is 0 Å². The van der Waals surface area contributed by atoms with Crippen molar-refractivity contribution in [1.29, 1.82) is 0 Å². The first kappa shape index (κ1) is 11.9. The molecule has 0 bridgehead atoms. The molecule has 2 aromatic carbocycles. The largest absolute Gasteiger partial charge is 0.504 e. The Balaban J connectivity index is 2.39. The van der Waals surface area contributed by atoms with E-state index in [2.05, 4.69) is 0 Å². The van der Waals surface area contributed by atoms with Crippen LogP contribution in [0.1, 0.15) is 11.1 Å². The number of benzene rings is 2. The minimum atomic E-state index is -0.734. The first-order chi connectivity index (χ1) is 8.59. The minimum Gasteiger partial charge on any atom is -0.504 e. The molecule has 18 heavy (non-hydrogen) atoms. The third-order valence-corrected chi connectivity index (χ3v) is 2.51. The fourth-order valence-electron chi connectivity index (χ4n) is 1.53. The maximum Gasteiger partial charge on any atom is 0.204 e. The zero-order valence-electron chi connectivity index (χ0n) is 9.41. The van der Waals surface area contributed by atoms with Crippen LogP contribution < -0.4 is 0 Å². The lowest BCUT2D eigenvalue weighted by Gasteiger charge is -2.06. The van der Waals surface area contributed by atoms with Crippen molar-refractivity contribution in [3.05, 3.63) is 47.5 Å². The lowest BCUT2D eigenvalue weighted by molar-refractivity contribution is 0.345. The molecule has 0 unspecified atom stereocenters. The van der Waals surface area contributed by atoms with Gasteiger partial charge in [0, 0.05) is 5.56 Å². The van der Waals surface area contributed by atoms with Crippen LogP contribution in [0.25, 0.3) is 12.2 Å². The molecule has 0 fully saturated rings. The molecule has 4 N–H and O–H groups in total. The van der Waals surface area contributed by atoms with Gasteiger partial charge in [-0.25, -0.2) is 0 Å². The summed E-state index contributed by atoms with van der Waals surface area (Å²) in [5.74, 6) is -2.43. The van der Waals surface area contributed by atoms with Crippen LogP contribution in [0.5, 0.6) is 23.0 Å². The second-order valence-electron chi connectivity index (χ2n) is 3.77. The smallest absolute Gasteiger partial charge is 0.204 e. The molecule has 0 spiro atoms. The van der Waals surface area contributed by atoms with E-state index < -0.39 is 23.0 Å². The van der Waals surface area contributed by atoms with Crippen molar-refractivity contribution in [3.63, 3.8) is 0 Å². The van der Waals surface area contributed by atoms with Crippen molar-refractivity contribution in [2.75, 3.05) is 0 Å². The molecule has 0 aliphatic heterocycles. The molecule has 0 saturated carbocycles. The van der Waals surface area contributed by atoms with Crippen molar-refractivity contribution in [2.24, 2.45) is 0 Å². The average Bonchev–Trinajstić information content (AvgIpc) is 2.40. The summed E-state index contributed by atoms with van der Waals surface area (Å²) < 4.78 is 0. The predicted molar refractivity (Wildman–Crippen MR) is 68.5 cm³/mol. The van der Waals surface area contributed by atoms with Gasteiger partial charge in [-0.1, -0.05) is 42.5 Å². The highest BCUT2D eigenvalue weighted by Crippen LogP contribution is 2.44. The molecule has 0 saturated heterocycles. The standard InChI is InChI=1S/C14H12O4/c15-11-8-10(12(16)14(18)13(11)17)7-6-9-4-2-1-3-5-9/h1-8,15-18H/b7-6+. The van der Waals surface area contributed by atoms with Crippen LogP contribution in [0, 0.1) is 0 Å². The zero-order valence-corrected chi connectivity index (χ0v) is 9.41. The molecule has 0 aliphatic carbocycles. The zero-order chi connectivity index (χ0) is 13.1. The second-order valence-corrected chi connectivity index (χ2v) is 3.77. The Bertz CT molecular complexity index is 588. The van der Waals surface area contributed by atoms with E-state index in [9.17, 15) is 20.4 Å². The van der Waals surface area contributed by atoms with Crippen LogP contribution in [0.4, 0.5) is 0 Å². The van der Waals surface area contributed by atoms with Crippen LogP contribution in [0.3, 0.4) is 0 Å². The molecule has 92 valence electrons. The number of rotatable bonds is 2. The van der Waals surface area contributed by atoms with Crippen LogP contribution in [-0.2, 0) is 0 Å². The quantitative estimate of drug-likeness (QED) is 0.372. The van der Waals surface area contributed by atoms with E-state index in [0.717, 1.165) is 5.56 Å². The Hall–Kier alpha value is -2.62. The number of phenols is 4. The normalized spacial score (nSPS) is 10.9. The van der Waals surface area contributed by atoms with E-state index in [1.54, 1.807) is 6.08 Å². The van der Waals surface area contributed by atoms with Crippen LogP contribution in [-0.4, -0.2) is 20.4 Å². The van der Waals surface area contributed by atoms with E-state index in [0.29, 0.717) is 0 Å². The number of aromatic hydroxyl groups is 4. The summed E-state index contributed by atoms with van der Waals surface area (Å²) in [4.78, 5) is 0. The molecular weight excluding hydrogens is 232 g/mol. The van der Waals surface area contributed by atoms with E-state index in [1.165, 1.54) is 12.1 Å². The molecule has 2 aromatic rings. The summed E-state index contributed by atoms with van der Waals surface area (Å²) >= 11 is 0. The summed E-state index contributed by atoms with van der Waals surface area (Å²) in [5.41, 5.74) is 1.12. The van der Waals surface area contributed by atoms with Gasteiger partial charge in [0.1, 0.15) is 0 Å². The summed E-state index contributed by atoms with van der Waals surface area (Å²) in [5, 5.41) is 37.5. The molecular formula is C14H12O4. The fraction of sp³-hybridized carbons (Fsp3) is 0. The van der Waals surface area contributed by atoms with Gasteiger partial charge in [-0.05, 0) is 11.6 Å². The lowest BCUT2D eigenvalue weighted by atomic mass is 10.1. The molecule has 4 heteroatoms. The first-order valence-electron chi connectivity index (χ1n) is 5.29. The van der Waals surface area contributed by atoms with Crippen LogP contribution in [0.2, 0.25) is 0 Å². The van der Waals surface area contributed by atoms with Gasteiger partial charge in [-0.3, -0.25) is 0 Å². The van der Waals surface area contributed by atoms with E-state index in [-0.39, 0.29) is 5.56 Å². The number of hydrogen-bond acceptors (Lipinski definition) is 4. The topological polar surface area (TPSA) is 80.9 Å². The Kier molecular flexibility index (Phi) is 3.10. The molecule has 0 aromatic heterocycles. The SMILES string of the molecule is Oc1cc(/C=C/c2ccccc2)c(O)c(O)c1O. The van der Waals surface area contributed by atoms with Crippen molar-refractivity contribution < 1.29 is 20.4 Å². The maximum atomic E-state index is 9.61. The summed E-state index contributed by atoms with van der Waals surface area (Å²) in [6, 6.07) is 10.5. The average molecular weight is 244 g/mol. The molecule has 0 amide bonds. The second kappa shape index (κ2) is 4.71. The van der Waals surface area contributed by atoms with Crippen LogP contribution in [0.15, 0.2) is 36.4 Å². The van der Waals surface area contributed by atoms with Gasteiger partial charge in [0.25, 0.3) is 0 Å². The highest BCUT2D eigenvalue weighted by atomic mass is 16.3. The Morgan fingerprint density at radius 1 is 0.722 bits per heavy atom. The molecule has 4 nitrogen and oxygen atoms in total. The minimum absolute atomic E-state index is 0.214. The highest BCUT2D eigenvalue weighted by molar-refractivity contribution is 5.76. The molecule has 0 atom stereocenters. The first-order valence-corrected chi connectivity index (χ1v) is 5.29. The number of phenolic OH excluding ortho intramolecular Hbond substituents is 4. The van der Waals surface area contributed by atoms with Crippen molar-refractivity contribution in [1.82, 2.24) is 0 Å². The van der Waals surface area contributed by atoms with Gasteiger partial charge in [0.2, 0.25) is 11.5 Å². The van der Waals surface area contributed by atoms with E-state index in [4.69, 9.17) is 0 Å². The van der Waals surface area contributed by atoms with Crippen molar-refractivity contribution >= 4 is 12.2 Å². The molecule has 0 radical (unpaired) electrons.